The molecule has 0 atom stereocenters. The third-order valence-corrected chi connectivity index (χ3v) is 7.98. The number of nitrogens with one attached hydrogen (secondary N) is 1. The van der Waals surface area contributed by atoms with Crippen molar-refractivity contribution >= 4 is 17.6 Å². The van der Waals surface area contributed by atoms with E-state index in [1.54, 1.807) is 18.3 Å². The van der Waals surface area contributed by atoms with Crippen molar-refractivity contribution < 1.29 is 9.59 Å². The molecule has 2 heterocycles. The third kappa shape index (κ3) is 3.88. The van der Waals surface area contributed by atoms with Crippen molar-refractivity contribution in [2.24, 2.45) is 23.2 Å². The van der Waals surface area contributed by atoms with Gasteiger partial charge in [0, 0.05) is 50.8 Å². The first kappa shape index (κ1) is 20.3. The number of hydrogen-bond donors (Lipinski definition) is 1. The molecule has 31 heavy (non-hydrogen) atoms. The molecule has 2 amide bonds. The molecular formula is C24H31N5O2. The Morgan fingerprint density at radius 3 is 2.35 bits per heavy atom. The van der Waals surface area contributed by atoms with Gasteiger partial charge in [-0.2, -0.15) is 5.26 Å². The minimum Gasteiger partial charge on any atom is -0.355 e. The number of carbonyl (C=O) groups is 2. The van der Waals surface area contributed by atoms with Gasteiger partial charge in [-0.15, -0.1) is 0 Å². The molecule has 0 aromatic carbocycles. The number of pyridine rings is 1. The number of amides is 2. The Morgan fingerprint density at radius 1 is 1.10 bits per heavy atom. The quantitative estimate of drug-likeness (QED) is 0.788. The van der Waals surface area contributed by atoms with Crippen LogP contribution in [0.3, 0.4) is 0 Å². The lowest BCUT2D eigenvalue weighted by atomic mass is 9.49. The van der Waals surface area contributed by atoms with Crippen LogP contribution < -0.4 is 10.2 Å². The summed E-state index contributed by atoms with van der Waals surface area (Å²) in [5.41, 5.74) is 0.416. The average molecular weight is 422 g/mol. The SMILES string of the molecule is N#Cc1cccnc1N1CCN(C(=O)CCNC(=O)C23CC4CC(CC(C4)C2)C3)CC1. The van der Waals surface area contributed by atoms with Crippen LogP contribution in [0.2, 0.25) is 0 Å². The molecule has 1 aliphatic heterocycles. The molecule has 1 aromatic rings. The first-order chi connectivity index (χ1) is 15.1. The number of nitrogens with zero attached hydrogens (tertiary/aromatic N) is 4. The van der Waals surface area contributed by atoms with Crippen LogP contribution >= 0.6 is 0 Å². The van der Waals surface area contributed by atoms with Crippen molar-refractivity contribution in [2.45, 2.75) is 44.9 Å². The van der Waals surface area contributed by atoms with Gasteiger partial charge in [0.05, 0.1) is 5.56 Å². The van der Waals surface area contributed by atoms with Crippen LogP contribution in [-0.2, 0) is 9.59 Å². The van der Waals surface area contributed by atoms with Crippen LogP contribution in [0.4, 0.5) is 5.82 Å². The van der Waals surface area contributed by atoms with E-state index in [1.807, 2.05) is 4.90 Å². The minimum absolute atomic E-state index is 0.0898. The van der Waals surface area contributed by atoms with Gasteiger partial charge in [0.1, 0.15) is 11.9 Å². The van der Waals surface area contributed by atoms with Gasteiger partial charge >= 0.3 is 0 Å². The van der Waals surface area contributed by atoms with E-state index in [4.69, 9.17) is 0 Å². The number of anilines is 1. The maximum atomic E-state index is 13.0. The highest BCUT2D eigenvalue weighted by molar-refractivity contribution is 5.84. The molecule has 7 nitrogen and oxygen atoms in total. The van der Waals surface area contributed by atoms with Crippen LogP contribution in [-0.4, -0.2) is 54.4 Å². The highest BCUT2D eigenvalue weighted by Crippen LogP contribution is 2.60. The number of aromatic nitrogens is 1. The standard InChI is InChI=1S/C24H31N5O2/c25-16-20-2-1-4-26-22(20)29-8-6-28(7-9-29)21(30)3-5-27-23(31)24-13-17-10-18(14-24)12-19(11-17)15-24/h1-2,4,17-19H,3,5-15H2,(H,27,31). The summed E-state index contributed by atoms with van der Waals surface area (Å²) >= 11 is 0. The summed E-state index contributed by atoms with van der Waals surface area (Å²) in [7, 11) is 0. The summed E-state index contributed by atoms with van der Waals surface area (Å²) < 4.78 is 0. The number of rotatable bonds is 5. The Labute approximate surface area is 183 Å². The van der Waals surface area contributed by atoms with Gasteiger partial charge in [0.2, 0.25) is 11.8 Å². The Kier molecular flexibility index (Phi) is 5.33. The van der Waals surface area contributed by atoms with Crippen molar-refractivity contribution in [1.82, 2.24) is 15.2 Å². The second kappa shape index (κ2) is 8.14. The summed E-state index contributed by atoms with van der Waals surface area (Å²) in [6, 6.07) is 5.72. The summed E-state index contributed by atoms with van der Waals surface area (Å²) in [4.78, 5) is 34.0. The van der Waals surface area contributed by atoms with E-state index < -0.39 is 0 Å². The fraction of sp³-hybridized carbons (Fsp3) is 0.667. The van der Waals surface area contributed by atoms with Gasteiger partial charge in [0.25, 0.3) is 0 Å². The largest absolute Gasteiger partial charge is 0.355 e. The topological polar surface area (TPSA) is 89.3 Å². The maximum Gasteiger partial charge on any atom is 0.226 e. The Morgan fingerprint density at radius 2 is 1.74 bits per heavy atom. The highest BCUT2D eigenvalue weighted by atomic mass is 16.2. The molecule has 1 saturated heterocycles. The molecule has 4 aliphatic carbocycles. The molecular weight excluding hydrogens is 390 g/mol. The Hall–Kier alpha value is -2.62. The monoisotopic (exact) mass is 421 g/mol. The van der Waals surface area contributed by atoms with Crippen molar-refractivity contribution in [2.75, 3.05) is 37.6 Å². The zero-order valence-corrected chi connectivity index (χ0v) is 18.1. The third-order valence-electron chi connectivity index (χ3n) is 7.98. The van der Waals surface area contributed by atoms with E-state index in [2.05, 4.69) is 21.3 Å². The zero-order valence-electron chi connectivity index (χ0n) is 18.1. The molecule has 4 bridgehead atoms. The molecule has 0 unspecified atom stereocenters. The van der Waals surface area contributed by atoms with Crippen molar-refractivity contribution in [3.8, 4) is 6.07 Å². The van der Waals surface area contributed by atoms with Crippen LogP contribution in [0.25, 0.3) is 0 Å². The zero-order chi connectivity index (χ0) is 21.4. The number of carbonyl (C=O) groups excluding carboxylic acids is 2. The van der Waals surface area contributed by atoms with E-state index in [-0.39, 0.29) is 17.2 Å². The number of hydrogen-bond acceptors (Lipinski definition) is 5. The summed E-state index contributed by atoms with van der Waals surface area (Å²) in [6.07, 6.45) is 9.18. The second-order valence-corrected chi connectivity index (χ2v) is 10.1. The first-order valence-electron chi connectivity index (χ1n) is 11.7. The van der Waals surface area contributed by atoms with Crippen LogP contribution in [0.5, 0.6) is 0 Å². The molecule has 5 aliphatic rings. The molecule has 4 saturated carbocycles. The molecule has 0 radical (unpaired) electrons. The summed E-state index contributed by atoms with van der Waals surface area (Å²) in [5.74, 6) is 3.22. The van der Waals surface area contributed by atoms with Crippen LogP contribution in [0, 0.1) is 34.5 Å². The Bertz CT molecular complexity index is 864. The lowest BCUT2D eigenvalue weighted by Crippen LogP contribution is -2.54. The van der Waals surface area contributed by atoms with E-state index in [1.165, 1.54) is 19.3 Å². The maximum absolute atomic E-state index is 13.0. The van der Waals surface area contributed by atoms with E-state index in [0.29, 0.717) is 50.5 Å². The molecule has 1 N–H and O–H groups in total. The Balaban J connectivity index is 1.09. The molecule has 164 valence electrons. The van der Waals surface area contributed by atoms with Gasteiger partial charge in [-0.3, -0.25) is 9.59 Å². The van der Waals surface area contributed by atoms with E-state index in [9.17, 15) is 14.9 Å². The second-order valence-electron chi connectivity index (χ2n) is 10.1. The first-order valence-corrected chi connectivity index (χ1v) is 11.7. The fourth-order valence-corrected chi connectivity index (χ4v) is 6.92. The molecule has 6 rings (SSSR count). The smallest absolute Gasteiger partial charge is 0.226 e. The summed E-state index contributed by atoms with van der Waals surface area (Å²) in [6.45, 7) is 2.99. The van der Waals surface area contributed by atoms with Crippen molar-refractivity contribution in [1.29, 1.82) is 5.26 Å². The van der Waals surface area contributed by atoms with Gasteiger partial charge in [-0.05, 0) is 68.4 Å². The van der Waals surface area contributed by atoms with Gasteiger partial charge in [0.15, 0.2) is 0 Å². The molecule has 1 aromatic heterocycles. The fourth-order valence-electron chi connectivity index (χ4n) is 6.92. The van der Waals surface area contributed by atoms with Gasteiger partial charge in [-0.1, -0.05) is 0 Å². The lowest BCUT2D eigenvalue weighted by molar-refractivity contribution is -0.146. The highest BCUT2D eigenvalue weighted by Gasteiger charge is 2.54. The van der Waals surface area contributed by atoms with Gasteiger partial charge in [-0.25, -0.2) is 4.98 Å². The molecule has 7 heteroatoms. The average Bonchev–Trinajstić information content (AvgIpc) is 2.78. The van der Waals surface area contributed by atoms with Crippen molar-refractivity contribution in [3.05, 3.63) is 23.9 Å². The minimum atomic E-state index is -0.148. The number of piperazine rings is 1. The molecule has 0 spiro atoms. The molecule has 5 fully saturated rings. The predicted molar refractivity (Wildman–Crippen MR) is 116 cm³/mol. The normalized spacial score (nSPS) is 31.4. The van der Waals surface area contributed by atoms with E-state index in [0.717, 1.165) is 37.0 Å². The van der Waals surface area contributed by atoms with E-state index >= 15 is 0 Å². The predicted octanol–water partition coefficient (Wildman–Crippen LogP) is 2.32. The lowest BCUT2D eigenvalue weighted by Gasteiger charge is -2.55. The van der Waals surface area contributed by atoms with Crippen molar-refractivity contribution in [3.63, 3.8) is 0 Å². The van der Waals surface area contributed by atoms with Gasteiger partial charge < -0.3 is 15.1 Å². The number of nitriles is 1. The van der Waals surface area contributed by atoms with Crippen LogP contribution in [0.1, 0.15) is 50.5 Å². The summed E-state index contributed by atoms with van der Waals surface area (Å²) in [5, 5.41) is 12.4. The van der Waals surface area contributed by atoms with Crippen LogP contribution in [0.15, 0.2) is 18.3 Å².